The molecule has 0 bridgehead atoms. The quantitative estimate of drug-likeness (QED) is 0.757. The van der Waals surface area contributed by atoms with Crippen LogP contribution < -0.4 is 15.3 Å². The number of nitrogens with zero attached hydrogens (tertiary/aromatic N) is 1. The number of hydrazone groups is 1. The molecule has 2 aromatic rings. The number of primary amides is 1. The summed E-state index contributed by atoms with van der Waals surface area (Å²) in [7, 11) is -3.81. The van der Waals surface area contributed by atoms with Gasteiger partial charge in [-0.15, -0.1) is 0 Å². The van der Waals surface area contributed by atoms with Gasteiger partial charge in [-0.3, -0.25) is 0 Å². The number of ether oxygens (including phenoxy) is 2. The van der Waals surface area contributed by atoms with E-state index < -0.39 is 22.2 Å². The summed E-state index contributed by atoms with van der Waals surface area (Å²) in [6.45, 7) is 1.81. The van der Waals surface area contributed by atoms with Crippen molar-refractivity contribution >= 4 is 21.8 Å². The monoisotopic (exact) mass is 389 g/mol. The Morgan fingerprint density at radius 3 is 2.67 bits per heavy atom. The molecule has 3 N–H and O–H groups in total. The summed E-state index contributed by atoms with van der Waals surface area (Å²) < 4.78 is 35.5. The Balaban J connectivity index is 1.84. The molecule has 3 rings (SSSR count). The number of hydrogen-bond donors (Lipinski definition) is 2. The van der Waals surface area contributed by atoms with Gasteiger partial charge in [-0.1, -0.05) is 29.8 Å². The predicted molar refractivity (Wildman–Crippen MR) is 99.0 cm³/mol. The van der Waals surface area contributed by atoms with E-state index in [0.29, 0.717) is 17.0 Å². The zero-order chi connectivity index (χ0) is 19.4. The van der Waals surface area contributed by atoms with Gasteiger partial charge < -0.3 is 15.2 Å². The molecule has 1 unspecified atom stereocenters. The molecular weight excluding hydrogens is 370 g/mol. The summed E-state index contributed by atoms with van der Waals surface area (Å²) in [6.07, 6.45) is -1.17. The van der Waals surface area contributed by atoms with Crippen LogP contribution in [0.3, 0.4) is 0 Å². The number of carbonyl (C=O) groups excluding carboxylic acids is 1. The Morgan fingerprint density at radius 2 is 1.96 bits per heavy atom. The number of aryl methyl sites for hydroxylation is 1. The summed E-state index contributed by atoms with van der Waals surface area (Å²) in [5.74, 6) is 0.523. The van der Waals surface area contributed by atoms with Gasteiger partial charge in [-0.25, -0.2) is 4.79 Å². The molecule has 9 heteroatoms. The van der Waals surface area contributed by atoms with Crippen molar-refractivity contribution in [2.75, 3.05) is 6.61 Å². The van der Waals surface area contributed by atoms with Crippen LogP contribution in [-0.4, -0.2) is 32.9 Å². The number of para-hydroxylation sites is 1. The standard InChI is InChI=1S/C18H19N3O5S/c1-12-6-8-14(9-7-12)27(23,24)21-20-16-10-13(11-25-18(19)22)26-17-5-3-2-4-15(16)17/h2-9,13,21H,10-11H2,1H3,(H2,19,22). The third-order valence-electron chi connectivity index (χ3n) is 3.96. The summed E-state index contributed by atoms with van der Waals surface area (Å²) >= 11 is 0. The van der Waals surface area contributed by atoms with E-state index in [1.807, 2.05) is 6.92 Å². The van der Waals surface area contributed by atoms with Crippen LogP contribution in [0, 0.1) is 6.92 Å². The second kappa shape index (κ2) is 7.67. The minimum Gasteiger partial charge on any atom is -0.486 e. The number of amides is 1. The number of fused-ring (bicyclic) bond motifs is 1. The first kappa shape index (κ1) is 18.7. The Hall–Kier alpha value is -3.07. The molecule has 142 valence electrons. The maximum Gasteiger partial charge on any atom is 0.404 e. The van der Waals surface area contributed by atoms with Crippen LogP contribution in [0.25, 0.3) is 0 Å². The molecule has 0 aliphatic carbocycles. The van der Waals surface area contributed by atoms with Gasteiger partial charge in [0.2, 0.25) is 0 Å². The van der Waals surface area contributed by atoms with Gasteiger partial charge in [0.25, 0.3) is 10.0 Å². The SMILES string of the molecule is Cc1ccc(S(=O)(=O)NN=C2CC(COC(N)=O)Oc3ccccc32)cc1. The number of benzene rings is 2. The highest BCUT2D eigenvalue weighted by atomic mass is 32.2. The summed E-state index contributed by atoms with van der Waals surface area (Å²) in [5.41, 5.74) is 7.09. The van der Waals surface area contributed by atoms with Crippen molar-refractivity contribution in [3.8, 4) is 5.75 Å². The predicted octanol–water partition coefficient (Wildman–Crippen LogP) is 1.92. The van der Waals surface area contributed by atoms with Crippen LogP contribution >= 0.6 is 0 Å². The minimum absolute atomic E-state index is 0.0621. The molecule has 1 heterocycles. The third-order valence-corrected chi connectivity index (χ3v) is 5.18. The number of nitrogens with one attached hydrogen (secondary N) is 1. The summed E-state index contributed by atoms with van der Waals surface area (Å²) in [6, 6.07) is 13.5. The Kier molecular flexibility index (Phi) is 5.31. The fraction of sp³-hybridized carbons (Fsp3) is 0.222. The number of carbonyl (C=O) groups is 1. The molecule has 0 radical (unpaired) electrons. The molecule has 0 spiro atoms. The van der Waals surface area contributed by atoms with Gasteiger partial charge in [-0.2, -0.15) is 18.4 Å². The van der Waals surface area contributed by atoms with Gasteiger partial charge >= 0.3 is 6.09 Å². The molecule has 8 nitrogen and oxygen atoms in total. The normalized spacial score (nSPS) is 17.7. The molecule has 2 aromatic carbocycles. The molecule has 0 saturated carbocycles. The molecule has 0 fully saturated rings. The molecule has 1 aliphatic heterocycles. The molecule has 1 aliphatic rings. The zero-order valence-electron chi connectivity index (χ0n) is 14.6. The van der Waals surface area contributed by atoms with E-state index in [-0.39, 0.29) is 17.9 Å². The van der Waals surface area contributed by atoms with Crippen molar-refractivity contribution in [2.24, 2.45) is 10.8 Å². The van der Waals surface area contributed by atoms with Gasteiger partial charge in [0.1, 0.15) is 18.5 Å². The van der Waals surface area contributed by atoms with Crippen molar-refractivity contribution in [2.45, 2.75) is 24.3 Å². The highest BCUT2D eigenvalue weighted by Gasteiger charge is 2.26. The number of hydrogen-bond acceptors (Lipinski definition) is 6. The Morgan fingerprint density at radius 1 is 1.26 bits per heavy atom. The molecule has 0 saturated heterocycles. The van der Waals surface area contributed by atoms with Gasteiger partial charge in [0.05, 0.1) is 10.6 Å². The Labute approximate surface area is 157 Å². The molecule has 1 atom stereocenters. The lowest BCUT2D eigenvalue weighted by molar-refractivity contribution is 0.0881. The third kappa shape index (κ3) is 4.56. The fourth-order valence-corrected chi connectivity index (χ4v) is 3.44. The molecule has 1 amide bonds. The van der Waals surface area contributed by atoms with Crippen LogP contribution in [-0.2, 0) is 14.8 Å². The highest BCUT2D eigenvalue weighted by molar-refractivity contribution is 7.89. The van der Waals surface area contributed by atoms with E-state index >= 15 is 0 Å². The van der Waals surface area contributed by atoms with Gasteiger partial charge in [0, 0.05) is 12.0 Å². The van der Waals surface area contributed by atoms with Crippen LogP contribution in [0.1, 0.15) is 17.5 Å². The zero-order valence-corrected chi connectivity index (χ0v) is 15.4. The van der Waals surface area contributed by atoms with E-state index in [0.717, 1.165) is 5.56 Å². The first-order chi connectivity index (χ1) is 12.8. The van der Waals surface area contributed by atoms with E-state index in [1.54, 1.807) is 36.4 Å². The van der Waals surface area contributed by atoms with E-state index in [2.05, 4.69) is 9.93 Å². The van der Waals surface area contributed by atoms with Gasteiger partial charge in [0.15, 0.2) is 0 Å². The van der Waals surface area contributed by atoms with Crippen LogP contribution in [0.15, 0.2) is 58.5 Å². The molecule has 27 heavy (non-hydrogen) atoms. The van der Waals surface area contributed by atoms with Crippen molar-refractivity contribution in [3.63, 3.8) is 0 Å². The van der Waals surface area contributed by atoms with Crippen molar-refractivity contribution < 1.29 is 22.7 Å². The molecule has 0 aromatic heterocycles. The van der Waals surface area contributed by atoms with Crippen LogP contribution in [0.2, 0.25) is 0 Å². The number of sulfonamides is 1. The Bertz CT molecular complexity index is 971. The van der Waals surface area contributed by atoms with Crippen molar-refractivity contribution in [1.29, 1.82) is 0 Å². The lowest BCUT2D eigenvalue weighted by Crippen LogP contribution is -2.34. The van der Waals surface area contributed by atoms with Crippen LogP contribution in [0.5, 0.6) is 5.75 Å². The topological polar surface area (TPSA) is 120 Å². The van der Waals surface area contributed by atoms with E-state index in [1.165, 1.54) is 12.1 Å². The van der Waals surface area contributed by atoms with Crippen molar-refractivity contribution in [3.05, 3.63) is 59.7 Å². The van der Waals surface area contributed by atoms with E-state index in [9.17, 15) is 13.2 Å². The average molecular weight is 389 g/mol. The second-order valence-electron chi connectivity index (χ2n) is 6.04. The maximum atomic E-state index is 12.5. The lowest BCUT2D eigenvalue weighted by Gasteiger charge is -2.26. The second-order valence-corrected chi connectivity index (χ2v) is 7.70. The largest absolute Gasteiger partial charge is 0.486 e. The summed E-state index contributed by atoms with van der Waals surface area (Å²) in [5, 5.41) is 4.10. The van der Waals surface area contributed by atoms with E-state index in [4.69, 9.17) is 15.2 Å². The smallest absolute Gasteiger partial charge is 0.404 e. The molecular formula is C18H19N3O5S. The fourth-order valence-electron chi connectivity index (χ4n) is 2.61. The number of rotatable bonds is 5. The maximum absolute atomic E-state index is 12.5. The highest BCUT2D eigenvalue weighted by Crippen LogP contribution is 2.28. The first-order valence-corrected chi connectivity index (χ1v) is 9.67. The van der Waals surface area contributed by atoms with Gasteiger partial charge in [-0.05, 0) is 31.2 Å². The van der Waals surface area contributed by atoms with Crippen LogP contribution in [0.4, 0.5) is 4.79 Å². The minimum atomic E-state index is -3.81. The number of nitrogens with two attached hydrogens (primary N) is 1. The summed E-state index contributed by atoms with van der Waals surface area (Å²) in [4.78, 5) is 13.2. The lowest BCUT2D eigenvalue weighted by atomic mass is 10.0. The van der Waals surface area contributed by atoms with Crippen molar-refractivity contribution in [1.82, 2.24) is 4.83 Å². The first-order valence-electron chi connectivity index (χ1n) is 8.18. The average Bonchev–Trinajstić information content (AvgIpc) is 2.65.